The van der Waals surface area contributed by atoms with Gasteiger partial charge in [0.15, 0.2) is 0 Å². The molecule has 116 valence electrons. The van der Waals surface area contributed by atoms with E-state index in [1.54, 1.807) is 0 Å². The summed E-state index contributed by atoms with van der Waals surface area (Å²) in [7, 11) is -2.41. The molecule has 0 fully saturated rings. The topological polar surface area (TPSA) is 66.5 Å². The Morgan fingerprint density at radius 3 is 1.74 bits per heavy atom. The molecule has 0 rings (SSSR count). The van der Waals surface area contributed by atoms with Crippen LogP contribution < -0.4 is 5.73 Å². The number of rotatable bonds is 14. The van der Waals surface area contributed by atoms with Crippen LogP contribution in [0.4, 0.5) is 0 Å². The van der Waals surface area contributed by atoms with Gasteiger partial charge in [0.2, 0.25) is 0 Å². The Kier molecular flexibility index (Phi) is 14.6. The van der Waals surface area contributed by atoms with Crippen molar-refractivity contribution in [1.82, 2.24) is 0 Å². The minimum absolute atomic E-state index is 0.334. The molecule has 0 heterocycles. The molecule has 0 radical (unpaired) electrons. The Bertz CT molecular complexity index is 180. The van der Waals surface area contributed by atoms with Crippen LogP contribution in [0.15, 0.2) is 0 Å². The van der Waals surface area contributed by atoms with Crippen LogP contribution in [-0.2, 0) is 0 Å². The van der Waals surface area contributed by atoms with E-state index < -0.39 is 9.28 Å². The summed E-state index contributed by atoms with van der Waals surface area (Å²) in [5.74, 6) is 0.334. The van der Waals surface area contributed by atoms with Gasteiger partial charge in [-0.1, -0.05) is 71.1 Å². The normalized spacial score (nSPS) is 13.1. The smallest absolute Gasteiger partial charge is 0.316 e. The van der Waals surface area contributed by atoms with Gasteiger partial charge in [-0.05, 0) is 24.9 Å². The van der Waals surface area contributed by atoms with Gasteiger partial charge >= 0.3 is 9.28 Å². The molecule has 0 saturated carbocycles. The zero-order chi connectivity index (χ0) is 14.3. The molecule has 0 aliphatic heterocycles. The SMILES string of the molecule is CCCCCCCCCCCCC(CN)C[SiH](O)O. The van der Waals surface area contributed by atoms with Gasteiger partial charge in [-0.25, -0.2) is 0 Å². The Balaban J connectivity index is 3.21. The van der Waals surface area contributed by atoms with Crippen LogP contribution in [0.5, 0.6) is 0 Å². The van der Waals surface area contributed by atoms with Gasteiger partial charge in [0, 0.05) is 0 Å². The van der Waals surface area contributed by atoms with Crippen molar-refractivity contribution in [2.75, 3.05) is 6.54 Å². The Morgan fingerprint density at radius 2 is 1.32 bits per heavy atom. The molecule has 19 heavy (non-hydrogen) atoms. The molecule has 0 spiro atoms. The highest BCUT2D eigenvalue weighted by molar-refractivity contribution is 6.41. The second kappa shape index (κ2) is 14.5. The van der Waals surface area contributed by atoms with Crippen molar-refractivity contribution in [2.45, 2.75) is 83.6 Å². The van der Waals surface area contributed by atoms with E-state index in [0.29, 0.717) is 18.5 Å². The molecule has 0 aromatic heterocycles. The van der Waals surface area contributed by atoms with E-state index >= 15 is 0 Å². The Labute approximate surface area is 121 Å². The molecule has 0 aromatic carbocycles. The average molecular weight is 290 g/mol. The van der Waals surface area contributed by atoms with Crippen molar-refractivity contribution < 1.29 is 9.59 Å². The van der Waals surface area contributed by atoms with E-state index in [4.69, 9.17) is 15.3 Å². The molecule has 1 atom stereocenters. The summed E-state index contributed by atoms with van der Waals surface area (Å²) in [5, 5.41) is 0. The molecule has 0 saturated heterocycles. The summed E-state index contributed by atoms with van der Waals surface area (Å²) in [4.78, 5) is 18.1. The first-order valence-electron chi connectivity index (χ1n) is 8.26. The van der Waals surface area contributed by atoms with Crippen LogP contribution in [-0.4, -0.2) is 25.4 Å². The summed E-state index contributed by atoms with van der Waals surface area (Å²) in [5.41, 5.74) is 5.64. The largest absolute Gasteiger partial charge is 0.413 e. The summed E-state index contributed by atoms with van der Waals surface area (Å²) in [6.07, 6.45) is 14.5. The lowest BCUT2D eigenvalue weighted by Crippen LogP contribution is -2.22. The molecule has 0 bridgehead atoms. The van der Waals surface area contributed by atoms with E-state index in [0.717, 1.165) is 6.42 Å². The highest BCUT2D eigenvalue weighted by atomic mass is 28.3. The third kappa shape index (κ3) is 14.3. The molecule has 0 amide bonds. The number of unbranched alkanes of at least 4 members (excludes halogenated alkanes) is 9. The van der Waals surface area contributed by atoms with Crippen LogP contribution in [0.2, 0.25) is 6.04 Å². The highest BCUT2D eigenvalue weighted by Gasteiger charge is 2.12. The minimum atomic E-state index is -2.41. The molecule has 4 heteroatoms. The van der Waals surface area contributed by atoms with Crippen molar-refractivity contribution in [1.29, 1.82) is 0 Å². The standard InChI is InChI=1S/C15H35NO2Si/c1-2-3-4-5-6-7-8-9-10-11-12-15(13-16)14-19(17)18/h15,17-19H,2-14,16H2,1H3. The minimum Gasteiger partial charge on any atom is -0.413 e. The van der Waals surface area contributed by atoms with Gasteiger partial charge < -0.3 is 15.3 Å². The predicted octanol–water partition coefficient (Wildman–Crippen LogP) is 3.08. The van der Waals surface area contributed by atoms with Crippen molar-refractivity contribution >= 4 is 9.28 Å². The zero-order valence-electron chi connectivity index (χ0n) is 12.8. The van der Waals surface area contributed by atoms with Gasteiger partial charge in [-0.2, -0.15) is 0 Å². The van der Waals surface area contributed by atoms with Gasteiger partial charge in [0.05, 0.1) is 0 Å². The van der Waals surface area contributed by atoms with Crippen molar-refractivity contribution in [3.05, 3.63) is 0 Å². The summed E-state index contributed by atoms with van der Waals surface area (Å²) >= 11 is 0. The lowest BCUT2D eigenvalue weighted by atomic mass is 10.0. The molecule has 4 N–H and O–H groups in total. The fourth-order valence-electron chi connectivity index (χ4n) is 2.55. The summed E-state index contributed by atoms with van der Waals surface area (Å²) in [6.45, 7) is 2.86. The van der Waals surface area contributed by atoms with E-state index in [-0.39, 0.29) is 0 Å². The molecule has 3 nitrogen and oxygen atoms in total. The lowest BCUT2D eigenvalue weighted by Gasteiger charge is -2.14. The van der Waals surface area contributed by atoms with Crippen molar-refractivity contribution in [3.8, 4) is 0 Å². The third-order valence-corrected chi connectivity index (χ3v) is 4.93. The average Bonchev–Trinajstić information content (AvgIpc) is 2.39. The first kappa shape index (κ1) is 19.1. The Morgan fingerprint density at radius 1 is 0.842 bits per heavy atom. The zero-order valence-corrected chi connectivity index (χ0v) is 14.0. The van der Waals surface area contributed by atoms with Crippen LogP contribution >= 0.6 is 0 Å². The number of hydrogen-bond donors (Lipinski definition) is 3. The highest BCUT2D eigenvalue weighted by Crippen LogP contribution is 2.16. The first-order valence-corrected chi connectivity index (χ1v) is 10.1. The van der Waals surface area contributed by atoms with Crippen LogP contribution in [0.25, 0.3) is 0 Å². The van der Waals surface area contributed by atoms with Crippen LogP contribution in [0, 0.1) is 5.92 Å². The lowest BCUT2D eigenvalue weighted by molar-refractivity contribution is 0.377. The van der Waals surface area contributed by atoms with Crippen molar-refractivity contribution in [2.24, 2.45) is 11.7 Å². The quantitative estimate of drug-likeness (QED) is 0.340. The Hall–Kier alpha value is 0.0969. The third-order valence-electron chi connectivity index (χ3n) is 3.84. The van der Waals surface area contributed by atoms with Gasteiger partial charge in [0.1, 0.15) is 0 Å². The van der Waals surface area contributed by atoms with Gasteiger partial charge in [0.25, 0.3) is 0 Å². The number of hydrogen-bond acceptors (Lipinski definition) is 3. The van der Waals surface area contributed by atoms with E-state index in [9.17, 15) is 0 Å². The fraction of sp³-hybridized carbons (Fsp3) is 1.00. The van der Waals surface area contributed by atoms with Crippen LogP contribution in [0.3, 0.4) is 0 Å². The molecular weight excluding hydrogens is 254 g/mol. The molecular formula is C15H35NO2Si. The molecule has 1 unspecified atom stereocenters. The number of nitrogens with two attached hydrogens (primary N) is 1. The monoisotopic (exact) mass is 289 g/mol. The second-order valence-electron chi connectivity index (χ2n) is 5.79. The summed E-state index contributed by atoms with van der Waals surface area (Å²) < 4.78 is 0. The maximum absolute atomic E-state index is 9.05. The summed E-state index contributed by atoms with van der Waals surface area (Å²) in [6, 6.07) is 0.563. The predicted molar refractivity (Wildman–Crippen MR) is 85.4 cm³/mol. The van der Waals surface area contributed by atoms with E-state index in [2.05, 4.69) is 6.92 Å². The molecule has 0 aliphatic carbocycles. The van der Waals surface area contributed by atoms with Crippen molar-refractivity contribution in [3.63, 3.8) is 0 Å². The van der Waals surface area contributed by atoms with E-state index in [1.807, 2.05) is 0 Å². The second-order valence-corrected chi connectivity index (χ2v) is 7.22. The molecule has 0 aliphatic rings. The maximum Gasteiger partial charge on any atom is 0.316 e. The fourth-order valence-corrected chi connectivity index (χ4v) is 3.57. The maximum atomic E-state index is 9.05. The van der Waals surface area contributed by atoms with Gasteiger partial charge in [-0.3, -0.25) is 0 Å². The first-order chi connectivity index (χ1) is 9.20. The van der Waals surface area contributed by atoms with Gasteiger partial charge in [-0.15, -0.1) is 0 Å². The van der Waals surface area contributed by atoms with Crippen LogP contribution in [0.1, 0.15) is 77.6 Å². The van der Waals surface area contributed by atoms with E-state index in [1.165, 1.54) is 64.2 Å². The molecule has 0 aromatic rings.